The summed E-state index contributed by atoms with van der Waals surface area (Å²) in [6.45, 7) is 2.12. The number of methoxy groups -OCH3 is 1. The highest BCUT2D eigenvalue weighted by Crippen LogP contribution is 2.50. The molecule has 1 aromatic heterocycles. The van der Waals surface area contributed by atoms with E-state index in [4.69, 9.17) is 4.74 Å². The Morgan fingerprint density at radius 1 is 1.04 bits per heavy atom. The smallest absolute Gasteiger partial charge is 0.338 e. The van der Waals surface area contributed by atoms with Crippen LogP contribution < -0.4 is 4.57 Å². The van der Waals surface area contributed by atoms with Crippen molar-refractivity contribution in [3.8, 4) is 11.1 Å². The number of aryl methyl sites for hydroxylation is 2. The van der Waals surface area contributed by atoms with Crippen LogP contribution in [0.4, 0.5) is 0 Å². The first-order valence-corrected chi connectivity index (χ1v) is 9.66. The van der Waals surface area contributed by atoms with Gasteiger partial charge in [0.05, 0.1) is 23.4 Å². The highest BCUT2D eigenvalue weighted by molar-refractivity contribution is 8.00. The molecule has 27 heavy (non-hydrogen) atoms. The maximum Gasteiger partial charge on any atom is 0.338 e. The summed E-state index contributed by atoms with van der Waals surface area (Å²) in [4.78, 5) is 14.7. The third-order valence-electron chi connectivity index (χ3n) is 5.30. The minimum Gasteiger partial charge on any atom is -0.465 e. The number of carbonyl (C=O) groups excluding carboxylic acids is 1. The predicted octanol–water partition coefficient (Wildman–Crippen LogP) is 5.04. The zero-order valence-corrected chi connectivity index (χ0v) is 16.2. The fourth-order valence-corrected chi connectivity index (χ4v) is 5.32. The Balaban J connectivity index is 1.98. The fraction of sp³-hybridized carbons (Fsp3) is 0.130. The molecule has 132 valence electrons. The lowest BCUT2D eigenvalue weighted by Crippen LogP contribution is -2.30. The third-order valence-corrected chi connectivity index (χ3v) is 6.49. The van der Waals surface area contributed by atoms with E-state index >= 15 is 0 Å². The number of esters is 1. The van der Waals surface area contributed by atoms with E-state index in [9.17, 15) is 4.79 Å². The van der Waals surface area contributed by atoms with E-state index in [-0.39, 0.29) is 5.97 Å². The molecule has 3 aromatic carbocycles. The molecule has 0 spiro atoms. The van der Waals surface area contributed by atoms with E-state index in [0.717, 1.165) is 16.0 Å². The lowest BCUT2D eigenvalue weighted by Gasteiger charge is -2.22. The Kier molecular flexibility index (Phi) is 3.52. The normalized spacial score (nSPS) is 12.3. The summed E-state index contributed by atoms with van der Waals surface area (Å²) in [5, 5.41) is 2.44. The quantitative estimate of drug-likeness (QED) is 0.234. The average molecular weight is 372 g/mol. The summed E-state index contributed by atoms with van der Waals surface area (Å²) in [7, 11) is 3.54. The van der Waals surface area contributed by atoms with E-state index in [1.165, 1.54) is 39.4 Å². The molecular weight excluding hydrogens is 354 g/mol. The van der Waals surface area contributed by atoms with Gasteiger partial charge in [0, 0.05) is 27.5 Å². The molecule has 0 saturated carbocycles. The molecule has 3 nitrogen and oxygen atoms in total. The Hall–Kier alpha value is -2.85. The van der Waals surface area contributed by atoms with Gasteiger partial charge in [0.2, 0.25) is 11.0 Å². The van der Waals surface area contributed by atoms with E-state index in [1.807, 2.05) is 12.1 Å². The van der Waals surface area contributed by atoms with Gasteiger partial charge >= 0.3 is 5.97 Å². The summed E-state index contributed by atoms with van der Waals surface area (Å²) in [6.07, 6.45) is 0. The van der Waals surface area contributed by atoms with Crippen LogP contribution in [-0.4, -0.2) is 13.1 Å². The number of benzene rings is 3. The minimum absolute atomic E-state index is 0.298. The van der Waals surface area contributed by atoms with Crippen LogP contribution in [-0.2, 0) is 11.8 Å². The van der Waals surface area contributed by atoms with Gasteiger partial charge in [0.1, 0.15) is 7.05 Å². The van der Waals surface area contributed by atoms with Crippen molar-refractivity contribution in [3.63, 3.8) is 0 Å². The summed E-state index contributed by atoms with van der Waals surface area (Å²) in [5.41, 5.74) is 6.31. The largest absolute Gasteiger partial charge is 0.465 e. The van der Waals surface area contributed by atoms with Crippen molar-refractivity contribution < 1.29 is 14.1 Å². The molecular formula is C23H18NO2S+. The van der Waals surface area contributed by atoms with Crippen molar-refractivity contribution in [1.29, 1.82) is 0 Å². The van der Waals surface area contributed by atoms with Crippen molar-refractivity contribution in [2.75, 3.05) is 7.11 Å². The summed E-state index contributed by atoms with van der Waals surface area (Å²) < 4.78 is 7.29. The van der Waals surface area contributed by atoms with Gasteiger partial charge in [-0.3, -0.25) is 0 Å². The van der Waals surface area contributed by atoms with E-state index < -0.39 is 0 Å². The second-order valence-electron chi connectivity index (χ2n) is 6.88. The molecule has 2 heterocycles. The van der Waals surface area contributed by atoms with Crippen LogP contribution in [0.2, 0.25) is 0 Å². The predicted molar refractivity (Wildman–Crippen MR) is 108 cm³/mol. The minimum atomic E-state index is -0.298. The summed E-state index contributed by atoms with van der Waals surface area (Å²) >= 11 is 1.74. The number of pyridine rings is 1. The number of hydrogen-bond donors (Lipinski definition) is 0. The van der Waals surface area contributed by atoms with Gasteiger partial charge in [-0.2, -0.15) is 4.57 Å². The number of aromatic nitrogens is 1. The van der Waals surface area contributed by atoms with Crippen LogP contribution in [0.25, 0.3) is 32.9 Å². The number of nitrogens with zero attached hydrogens (tertiary/aromatic N) is 1. The number of ether oxygens (including phenoxy) is 1. The average Bonchev–Trinajstić information content (AvgIpc) is 2.70. The summed E-state index contributed by atoms with van der Waals surface area (Å²) in [6, 6.07) is 18.8. The first-order valence-electron chi connectivity index (χ1n) is 8.85. The number of carbonyl (C=O) groups is 1. The van der Waals surface area contributed by atoms with Crippen LogP contribution in [0.15, 0.2) is 64.4 Å². The number of hydrogen-bond acceptors (Lipinski definition) is 3. The van der Waals surface area contributed by atoms with Gasteiger partial charge in [-0.05, 0) is 36.2 Å². The van der Waals surface area contributed by atoms with Crippen LogP contribution in [0.5, 0.6) is 0 Å². The molecule has 0 radical (unpaired) electrons. The molecule has 0 unspecified atom stereocenters. The lowest BCUT2D eigenvalue weighted by atomic mass is 9.94. The standard InChI is InChI=1S/C23H18NO2S/c1-13-10-11-14-18(12-13)24(2)17-8-4-6-15-20-16(23(25)26-3)7-5-9-19(20)27-22(14)21(15)17/h4-12H,1-3H3/q+1. The molecule has 1 aliphatic heterocycles. The van der Waals surface area contributed by atoms with Gasteiger partial charge < -0.3 is 4.74 Å². The zero-order valence-electron chi connectivity index (χ0n) is 15.4. The monoisotopic (exact) mass is 372 g/mol. The first-order chi connectivity index (χ1) is 13.1. The maximum atomic E-state index is 12.4. The molecule has 4 heteroatoms. The molecule has 0 bridgehead atoms. The third kappa shape index (κ3) is 2.23. The Morgan fingerprint density at radius 3 is 2.67 bits per heavy atom. The van der Waals surface area contributed by atoms with Crippen LogP contribution >= 0.6 is 11.8 Å². The first kappa shape index (κ1) is 16.3. The topological polar surface area (TPSA) is 30.2 Å². The van der Waals surface area contributed by atoms with E-state index in [2.05, 4.69) is 61.0 Å². The molecule has 0 atom stereocenters. The lowest BCUT2D eigenvalue weighted by molar-refractivity contribution is -0.617. The van der Waals surface area contributed by atoms with Crippen molar-refractivity contribution in [2.24, 2.45) is 7.05 Å². The fourth-order valence-electron chi connectivity index (χ4n) is 4.03. The Morgan fingerprint density at radius 2 is 1.85 bits per heavy atom. The van der Waals surface area contributed by atoms with Crippen molar-refractivity contribution in [1.82, 2.24) is 0 Å². The number of rotatable bonds is 1. The van der Waals surface area contributed by atoms with Gasteiger partial charge in [-0.25, -0.2) is 4.79 Å². The second-order valence-corrected chi connectivity index (χ2v) is 7.93. The van der Waals surface area contributed by atoms with Gasteiger partial charge in [-0.1, -0.05) is 36.0 Å². The molecule has 5 rings (SSSR count). The van der Waals surface area contributed by atoms with Crippen molar-refractivity contribution in [2.45, 2.75) is 16.7 Å². The highest BCUT2D eigenvalue weighted by atomic mass is 32.2. The van der Waals surface area contributed by atoms with Crippen LogP contribution in [0.3, 0.4) is 0 Å². The molecule has 4 aromatic rings. The SMILES string of the molecule is COC(=O)c1cccc2c1-c1cccc3c1c(c1ccc(C)cc1[n+]3C)S2. The maximum absolute atomic E-state index is 12.4. The highest BCUT2D eigenvalue weighted by Gasteiger charge is 2.29. The van der Waals surface area contributed by atoms with Gasteiger partial charge in [0.25, 0.3) is 0 Å². The Bertz CT molecular complexity index is 1280. The molecule has 0 N–H and O–H groups in total. The van der Waals surface area contributed by atoms with Crippen LogP contribution in [0.1, 0.15) is 15.9 Å². The van der Waals surface area contributed by atoms with Crippen LogP contribution in [0, 0.1) is 6.92 Å². The molecule has 1 aliphatic rings. The van der Waals surface area contributed by atoms with E-state index in [1.54, 1.807) is 11.8 Å². The van der Waals surface area contributed by atoms with E-state index in [0.29, 0.717) is 5.56 Å². The van der Waals surface area contributed by atoms with Gasteiger partial charge in [0.15, 0.2) is 0 Å². The summed E-state index contributed by atoms with van der Waals surface area (Å²) in [5.74, 6) is -0.298. The molecule has 0 amide bonds. The van der Waals surface area contributed by atoms with Gasteiger partial charge in [-0.15, -0.1) is 0 Å². The molecule has 0 fully saturated rings. The van der Waals surface area contributed by atoms with Crippen molar-refractivity contribution in [3.05, 3.63) is 65.7 Å². The zero-order chi connectivity index (χ0) is 18.7. The van der Waals surface area contributed by atoms with Crippen molar-refractivity contribution >= 4 is 39.5 Å². The Labute approximate surface area is 161 Å². The molecule has 0 aliphatic carbocycles. The number of fused-ring (bicyclic) bond motifs is 4. The molecule has 0 saturated heterocycles. The second kappa shape index (κ2) is 5.83.